The van der Waals surface area contributed by atoms with Gasteiger partial charge in [-0.2, -0.15) is 0 Å². The van der Waals surface area contributed by atoms with Gasteiger partial charge in [-0.15, -0.1) is 0 Å². The van der Waals surface area contributed by atoms with Crippen LogP contribution in [0.25, 0.3) is 11.1 Å². The molecule has 0 aromatic heterocycles. The van der Waals surface area contributed by atoms with E-state index in [-0.39, 0.29) is 12.5 Å². The van der Waals surface area contributed by atoms with Gasteiger partial charge in [-0.05, 0) is 53.1 Å². The van der Waals surface area contributed by atoms with Crippen molar-refractivity contribution in [3.05, 3.63) is 119 Å². The number of aryl methyl sites for hydroxylation is 1. The van der Waals surface area contributed by atoms with Crippen molar-refractivity contribution in [1.29, 1.82) is 0 Å². The number of carbonyl (C=O) groups excluding carboxylic acids is 1. The summed E-state index contributed by atoms with van der Waals surface area (Å²) in [4.78, 5) is 14.0. The van der Waals surface area contributed by atoms with Crippen molar-refractivity contribution in [2.24, 2.45) is 0 Å². The van der Waals surface area contributed by atoms with E-state index in [0.29, 0.717) is 13.2 Å². The molecule has 1 amide bonds. The van der Waals surface area contributed by atoms with Gasteiger partial charge >= 0.3 is 6.09 Å². The van der Waals surface area contributed by atoms with Gasteiger partial charge in [0.05, 0.1) is 19.3 Å². The van der Waals surface area contributed by atoms with E-state index in [1.165, 1.54) is 208 Å². The standard InChI is InChI=1S/C65H97NO4/c1-4-6-8-10-12-14-16-18-20-22-24-26-28-30-32-41-51-68-63-54(3)49-50-60(64(63)69-52-42-33-31-29-27-25-23-21-19-17-15-13-11-9-7-5-2)62(55-43-35-34-36-44-55)66-65(67)70-53-61-58-47-39-37-45-56(58)57-46-38-40-48-59(57)61/h34-40,43-50,61-62H,4-33,41-42,51-53H2,1-3H3,(H,66,67). The van der Waals surface area contributed by atoms with Gasteiger partial charge in [0.2, 0.25) is 0 Å². The Kier molecular flexibility index (Phi) is 29.0. The number of carbonyl (C=O) groups is 1. The van der Waals surface area contributed by atoms with Crippen LogP contribution in [-0.2, 0) is 4.74 Å². The lowest BCUT2D eigenvalue weighted by atomic mass is 9.96. The second kappa shape index (κ2) is 35.8. The minimum absolute atomic E-state index is 0.0177. The first-order chi connectivity index (χ1) is 34.6. The van der Waals surface area contributed by atoms with Crippen LogP contribution in [0.5, 0.6) is 11.5 Å². The van der Waals surface area contributed by atoms with Crippen LogP contribution in [0.3, 0.4) is 0 Å². The third-order valence-corrected chi connectivity index (χ3v) is 14.9. The number of hydrogen-bond donors (Lipinski definition) is 1. The molecule has 4 aromatic carbocycles. The van der Waals surface area contributed by atoms with E-state index in [0.717, 1.165) is 47.5 Å². The fourth-order valence-corrected chi connectivity index (χ4v) is 10.6. The molecule has 5 nitrogen and oxygen atoms in total. The van der Waals surface area contributed by atoms with Crippen LogP contribution in [-0.4, -0.2) is 25.9 Å². The van der Waals surface area contributed by atoms with Crippen molar-refractivity contribution in [3.63, 3.8) is 0 Å². The lowest BCUT2D eigenvalue weighted by Gasteiger charge is -2.25. The van der Waals surface area contributed by atoms with Gasteiger partial charge in [0.1, 0.15) is 6.61 Å². The minimum Gasteiger partial charge on any atom is -0.489 e. The number of ether oxygens (including phenoxy) is 3. The quantitative estimate of drug-likeness (QED) is 0.0450. The highest BCUT2D eigenvalue weighted by molar-refractivity contribution is 5.79. The Morgan fingerprint density at radius 2 is 0.814 bits per heavy atom. The molecule has 386 valence electrons. The van der Waals surface area contributed by atoms with Gasteiger partial charge in [-0.1, -0.05) is 297 Å². The molecule has 4 aromatic rings. The molecule has 1 atom stereocenters. The Labute approximate surface area is 428 Å². The van der Waals surface area contributed by atoms with Gasteiger partial charge in [-0.25, -0.2) is 4.79 Å². The summed E-state index contributed by atoms with van der Waals surface area (Å²) in [5.41, 5.74) is 7.74. The number of rotatable bonds is 41. The third-order valence-electron chi connectivity index (χ3n) is 14.9. The topological polar surface area (TPSA) is 56.8 Å². The molecule has 0 heterocycles. The van der Waals surface area contributed by atoms with Crippen LogP contribution in [0.4, 0.5) is 4.79 Å². The molecule has 0 aliphatic heterocycles. The monoisotopic (exact) mass is 956 g/mol. The molecular formula is C65H97NO4. The van der Waals surface area contributed by atoms with E-state index < -0.39 is 12.1 Å². The maximum absolute atomic E-state index is 14.0. The molecule has 0 spiro atoms. The minimum atomic E-state index is -0.490. The maximum Gasteiger partial charge on any atom is 0.407 e. The largest absolute Gasteiger partial charge is 0.489 e. The van der Waals surface area contributed by atoms with Crippen molar-refractivity contribution in [3.8, 4) is 22.6 Å². The van der Waals surface area contributed by atoms with Gasteiger partial charge in [0.15, 0.2) is 11.5 Å². The fraction of sp³-hybridized carbons (Fsp3) is 0.615. The average molecular weight is 956 g/mol. The number of benzene rings is 4. The zero-order valence-electron chi connectivity index (χ0n) is 44.7. The second-order valence-corrected chi connectivity index (χ2v) is 20.7. The summed E-state index contributed by atoms with van der Waals surface area (Å²) in [6.45, 7) is 8.22. The number of hydrogen-bond acceptors (Lipinski definition) is 4. The molecule has 1 aliphatic carbocycles. The van der Waals surface area contributed by atoms with Crippen LogP contribution < -0.4 is 14.8 Å². The summed E-state index contributed by atoms with van der Waals surface area (Å²) in [6, 6.07) is 30.9. The SMILES string of the molecule is CCCCCCCCCCCCCCCCCCOc1c(C)ccc(C(NC(=O)OCC2c3ccccc3-c3ccccc32)c2ccccc2)c1OCCCCCCCCCCCCCCCCCC. The predicted molar refractivity (Wildman–Crippen MR) is 298 cm³/mol. The van der Waals surface area contributed by atoms with Crippen LogP contribution in [0.2, 0.25) is 0 Å². The molecule has 1 aliphatic rings. The van der Waals surface area contributed by atoms with E-state index in [4.69, 9.17) is 14.2 Å². The van der Waals surface area contributed by atoms with Crippen molar-refractivity contribution in [2.75, 3.05) is 19.8 Å². The van der Waals surface area contributed by atoms with E-state index >= 15 is 0 Å². The molecule has 0 radical (unpaired) electrons. The Morgan fingerprint density at radius 3 is 1.24 bits per heavy atom. The fourth-order valence-electron chi connectivity index (χ4n) is 10.6. The number of unbranched alkanes of at least 4 members (excludes halogenated alkanes) is 30. The Balaban J connectivity index is 1.13. The molecule has 0 bridgehead atoms. The lowest BCUT2D eigenvalue weighted by Crippen LogP contribution is -2.31. The first kappa shape index (κ1) is 56.7. The lowest BCUT2D eigenvalue weighted by molar-refractivity contribution is 0.140. The zero-order valence-corrected chi connectivity index (χ0v) is 44.7. The number of alkyl carbamates (subject to hydrolysis) is 1. The second-order valence-electron chi connectivity index (χ2n) is 20.7. The van der Waals surface area contributed by atoms with Gasteiger partial charge in [0.25, 0.3) is 0 Å². The average Bonchev–Trinajstić information content (AvgIpc) is 3.71. The highest BCUT2D eigenvalue weighted by Gasteiger charge is 2.30. The van der Waals surface area contributed by atoms with Crippen LogP contribution in [0.1, 0.15) is 259 Å². The van der Waals surface area contributed by atoms with Crippen molar-refractivity contribution < 1.29 is 19.0 Å². The highest BCUT2D eigenvalue weighted by atomic mass is 16.5. The zero-order chi connectivity index (χ0) is 49.1. The summed E-state index contributed by atoms with van der Waals surface area (Å²) in [7, 11) is 0. The van der Waals surface area contributed by atoms with Crippen LogP contribution in [0, 0.1) is 6.92 Å². The smallest absolute Gasteiger partial charge is 0.407 e. The Bertz CT molecular complexity index is 1910. The first-order valence-corrected chi connectivity index (χ1v) is 29.2. The molecule has 70 heavy (non-hydrogen) atoms. The van der Waals surface area contributed by atoms with Crippen molar-refractivity contribution in [2.45, 2.75) is 238 Å². The summed E-state index contributed by atoms with van der Waals surface area (Å²) >= 11 is 0. The van der Waals surface area contributed by atoms with E-state index in [1.54, 1.807) is 0 Å². The number of fused-ring (bicyclic) bond motifs is 3. The number of nitrogens with one attached hydrogen (secondary N) is 1. The summed E-state index contributed by atoms with van der Waals surface area (Å²) in [5.74, 6) is 1.52. The Hall–Kier alpha value is -4.25. The first-order valence-electron chi connectivity index (χ1n) is 29.2. The molecule has 0 saturated carbocycles. The third kappa shape index (κ3) is 20.8. The molecule has 5 heteroatoms. The van der Waals surface area contributed by atoms with E-state index in [2.05, 4.69) is 98.9 Å². The van der Waals surface area contributed by atoms with E-state index in [1.807, 2.05) is 18.2 Å². The normalized spacial score (nSPS) is 12.4. The van der Waals surface area contributed by atoms with E-state index in [9.17, 15) is 4.79 Å². The van der Waals surface area contributed by atoms with Crippen LogP contribution >= 0.6 is 0 Å². The van der Waals surface area contributed by atoms with Gasteiger partial charge in [-0.3, -0.25) is 0 Å². The van der Waals surface area contributed by atoms with Crippen LogP contribution in [0.15, 0.2) is 91.0 Å². The molecule has 1 unspecified atom stereocenters. The highest BCUT2D eigenvalue weighted by Crippen LogP contribution is 2.45. The molecule has 0 fully saturated rings. The predicted octanol–water partition coefficient (Wildman–Crippen LogP) is 19.9. The maximum atomic E-state index is 14.0. The summed E-state index contributed by atoms with van der Waals surface area (Å²) < 4.78 is 19.7. The molecule has 1 N–H and O–H groups in total. The van der Waals surface area contributed by atoms with Gasteiger partial charge in [0, 0.05) is 11.5 Å². The van der Waals surface area contributed by atoms with Gasteiger partial charge < -0.3 is 19.5 Å². The molecular weight excluding hydrogens is 859 g/mol. The van der Waals surface area contributed by atoms with Crippen molar-refractivity contribution >= 4 is 6.09 Å². The Morgan fingerprint density at radius 1 is 0.443 bits per heavy atom. The summed E-state index contributed by atoms with van der Waals surface area (Å²) in [6.07, 6.45) is 42.4. The number of amides is 1. The molecule has 0 saturated heterocycles. The molecule has 5 rings (SSSR count). The van der Waals surface area contributed by atoms with Crippen molar-refractivity contribution in [1.82, 2.24) is 5.32 Å². The summed E-state index contributed by atoms with van der Waals surface area (Å²) in [5, 5.41) is 3.30.